The van der Waals surface area contributed by atoms with Gasteiger partial charge in [0.2, 0.25) is 5.88 Å². The summed E-state index contributed by atoms with van der Waals surface area (Å²) in [4.78, 5) is 25.7. The van der Waals surface area contributed by atoms with Gasteiger partial charge in [-0.3, -0.25) is 18.6 Å². The van der Waals surface area contributed by atoms with E-state index in [1.54, 1.807) is 30.3 Å². The Morgan fingerprint density at radius 3 is 2.50 bits per heavy atom. The number of nitrogens with one attached hydrogen (secondary N) is 1. The zero-order chi connectivity index (χ0) is 14.7. The van der Waals surface area contributed by atoms with Gasteiger partial charge in [0.05, 0.1) is 0 Å². The highest BCUT2D eigenvalue weighted by Crippen LogP contribution is 2.23. The van der Waals surface area contributed by atoms with Gasteiger partial charge in [-0.15, -0.1) is 0 Å². The van der Waals surface area contributed by atoms with Crippen molar-refractivity contribution in [2.75, 3.05) is 12.0 Å². The molecule has 1 heterocycles. The average molecular weight is 294 g/mol. The maximum absolute atomic E-state index is 11.9. The SMILES string of the molecule is CS(=O)CCn1c(O)c(-c2ccccc2)c(=O)[nH]c1=O. The standard InChI is InChI=1S/C13H14N2O4S/c1-20(19)8-7-15-12(17)10(11(16)14-13(15)18)9-5-3-2-4-6-9/h2-6,17H,7-8H2,1H3,(H,14,16,18). The zero-order valence-corrected chi connectivity index (χ0v) is 11.6. The summed E-state index contributed by atoms with van der Waals surface area (Å²) in [6.45, 7) is 0.0738. The van der Waals surface area contributed by atoms with Crippen LogP contribution in [0.1, 0.15) is 0 Å². The molecule has 20 heavy (non-hydrogen) atoms. The van der Waals surface area contributed by atoms with Crippen LogP contribution in [0.25, 0.3) is 11.1 Å². The number of aromatic hydroxyl groups is 1. The van der Waals surface area contributed by atoms with Gasteiger partial charge in [-0.2, -0.15) is 0 Å². The predicted octanol–water partition coefficient (Wildman–Crippen LogP) is 0.288. The van der Waals surface area contributed by atoms with Crippen molar-refractivity contribution < 1.29 is 9.32 Å². The Hall–Kier alpha value is -2.15. The van der Waals surface area contributed by atoms with Crippen LogP contribution in [0, 0.1) is 0 Å². The normalized spacial score (nSPS) is 12.2. The lowest BCUT2D eigenvalue weighted by Crippen LogP contribution is -2.32. The number of nitrogens with zero attached hydrogens (tertiary/aromatic N) is 1. The van der Waals surface area contributed by atoms with Crippen molar-refractivity contribution in [1.29, 1.82) is 0 Å². The minimum Gasteiger partial charge on any atom is -0.494 e. The van der Waals surface area contributed by atoms with Gasteiger partial charge in [-0.25, -0.2) is 4.79 Å². The molecule has 6 nitrogen and oxygen atoms in total. The second-order valence-electron chi connectivity index (χ2n) is 4.25. The molecular weight excluding hydrogens is 280 g/mol. The van der Waals surface area contributed by atoms with Crippen LogP contribution in [0.5, 0.6) is 5.88 Å². The molecule has 1 atom stereocenters. The first-order valence-electron chi connectivity index (χ1n) is 5.92. The van der Waals surface area contributed by atoms with Crippen molar-refractivity contribution in [1.82, 2.24) is 9.55 Å². The van der Waals surface area contributed by atoms with E-state index in [2.05, 4.69) is 4.98 Å². The van der Waals surface area contributed by atoms with Gasteiger partial charge in [0.1, 0.15) is 5.56 Å². The van der Waals surface area contributed by atoms with Gasteiger partial charge in [-0.1, -0.05) is 30.3 Å². The number of H-pyrrole nitrogens is 1. The molecule has 1 unspecified atom stereocenters. The van der Waals surface area contributed by atoms with E-state index in [0.29, 0.717) is 5.56 Å². The third-order valence-electron chi connectivity index (χ3n) is 2.84. The maximum atomic E-state index is 11.9. The minimum absolute atomic E-state index is 0.0343. The van der Waals surface area contributed by atoms with E-state index in [1.807, 2.05) is 0 Å². The van der Waals surface area contributed by atoms with Crippen LogP contribution < -0.4 is 11.2 Å². The van der Waals surface area contributed by atoms with Gasteiger partial charge < -0.3 is 5.11 Å². The first-order chi connectivity index (χ1) is 9.50. The fraction of sp³-hybridized carbons (Fsp3) is 0.231. The van der Waals surface area contributed by atoms with Crippen LogP contribution in [0.15, 0.2) is 39.9 Å². The highest BCUT2D eigenvalue weighted by atomic mass is 32.2. The van der Waals surface area contributed by atoms with E-state index >= 15 is 0 Å². The summed E-state index contributed by atoms with van der Waals surface area (Å²) in [6.07, 6.45) is 1.51. The highest BCUT2D eigenvalue weighted by molar-refractivity contribution is 7.84. The molecule has 2 rings (SSSR count). The molecule has 0 amide bonds. The highest BCUT2D eigenvalue weighted by Gasteiger charge is 2.15. The first kappa shape index (κ1) is 14.3. The predicted molar refractivity (Wildman–Crippen MR) is 77.4 cm³/mol. The number of rotatable bonds is 4. The third kappa shape index (κ3) is 2.88. The van der Waals surface area contributed by atoms with E-state index in [4.69, 9.17) is 0 Å². The van der Waals surface area contributed by atoms with Gasteiger partial charge in [-0.05, 0) is 5.56 Å². The molecule has 0 fully saturated rings. The van der Waals surface area contributed by atoms with Crippen LogP contribution in [0.4, 0.5) is 0 Å². The van der Waals surface area contributed by atoms with Crippen LogP contribution >= 0.6 is 0 Å². The number of hydrogen-bond donors (Lipinski definition) is 2. The molecule has 0 saturated heterocycles. The summed E-state index contributed by atoms with van der Waals surface area (Å²) in [5, 5.41) is 10.2. The minimum atomic E-state index is -1.10. The quantitative estimate of drug-likeness (QED) is 0.847. The molecule has 0 aliphatic carbocycles. The molecule has 1 aromatic carbocycles. The van der Waals surface area contributed by atoms with Crippen molar-refractivity contribution in [3.05, 3.63) is 51.2 Å². The fourth-order valence-corrected chi connectivity index (χ4v) is 2.29. The molecular formula is C13H14N2O4S. The largest absolute Gasteiger partial charge is 0.494 e. The maximum Gasteiger partial charge on any atom is 0.331 e. The van der Waals surface area contributed by atoms with E-state index < -0.39 is 27.9 Å². The van der Waals surface area contributed by atoms with Gasteiger partial charge in [0.25, 0.3) is 5.56 Å². The van der Waals surface area contributed by atoms with Crippen LogP contribution in [-0.2, 0) is 17.3 Å². The van der Waals surface area contributed by atoms with Crippen LogP contribution in [0.3, 0.4) is 0 Å². The third-order valence-corrected chi connectivity index (χ3v) is 3.59. The summed E-state index contributed by atoms with van der Waals surface area (Å²) >= 11 is 0. The summed E-state index contributed by atoms with van der Waals surface area (Å²) in [7, 11) is -1.10. The van der Waals surface area contributed by atoms with Crippen molar-refractivity contribution in [2.24, 2.45) is 0 Å². The summed E-state index contributed by atoms with van der Waals surface area (Å²) in [5.41, 5.74) is -0.810. The molecule has 0 aliphatic rings. The Bertz CT molecular complexity index is 749. The molecule has 0 aliphatic heterocycles. The number of aromatic nitrogens is 2. The summed E-state index contributed by atoms with van der Waals surface area (Å²) in [5.74, 6) is -0.191. The van der Waals surface area contributed by atoms with Crippen LogP contribution in [0.2, 0.25) is 0 Å². The summed E-state index contributed by atoms with van der Waals surface area (Å²) < 4.78 is 12.1. The zero-order valence-electron chi connectivity index (χ0n) is 10.8. The van der Waals surface area contributed by atoms with E-state index in [9.17, 15) is 18.9 Å². The summed E-state index contributed by atoms with van der Waals surface area (Å²) in [6, 6.07) is 8.56. The topological polar surface area (TPSA) is 92.2 Å². The van der Waals surface area contributed by atoms with Crippen molar-refractivity contribution in [3.63, 3.8) is 0 Å². The smallest absolute Gasteiger partial charge is 0.331 e. The Morgan fingerprint density at radius 1 is 1.25 bits per heavy atom. The molecule has 2 aromatic rings. The molecule has 0 bridgehead atoms. The Labute approximate surface area is 117 Å². The molecule has 2 N–H and O–H groups in total. The average Bonchev–Trinajstić information content (AvgIpc) is 2.38. The first-order valence-corrected chi connectivity index (χ1v) is 7.65. The molecule has 0 saturated carbocycles. The molecule has 7 heteroatoms. The van der Waals surface area contributed by atoms with E-state index in [-0.39, 0.29) is 17.9 Å². The number of aromatic amines is 1. The second kappa shape index (κ2) is 5.87. The van der Waals surface area contributed by atoms with Crippen molar-refractivity contribution in [2.45, 2.75) is 6.54 Å². The van der Waals surface area contributed by atoms with Crippen LogP contribution in [-0.4, -0.2) is 30.9 Å². The lowest BCUT2D eigenvalue weighted by molar-refractivity contribution is 0.409. The lowest BCUT2D eigenvalue weighted by Gasteiger charge is -2.10. The van der Waals surface area contributed by atoms with Crippen molar-refractivity contribution in [3.8, 4) is 17.0 Å². The molecule has 0 spiro atoms. The molecule has 0 radical (unpaired) electrons. The second-order valence-corrected chi connectivity index (χ2v) is 5.81. The van der Waals surface area contributed by atoms with E-state index in [1.165, 1.54) is 6.26 Å². The Balaban J connectivity index is 2.59. The molecule has 1 aromatic heterocycles. The Kier molecular flexibility index (Phi) is 4.19. The fourth-order valence-electron chi connectivity index (χ4n) is 1.85. The van der Waals surface area contributed by atoms with Gasteiger partial charge in [0.15, 0.2) is 0 Å². The number of benzene rings is 1. The molecule has 106 valence electrons. The Morgan fingerprint density at radius 2 is 1.90 bits per heavy atom. The van der Waals surface area contributed by atoms with Gasteiger partial charge >= 0.3 is 5.69 Å². The number of hydrogen-bond acceptors (Lipinski definition) is 4. The lowest BCUT2D eigenvalue weighted by atomic mass is 10.1. The van der Waals surface area contributed by atoms with Crippen molar-refractivity contribution >= 4 is 10.8 Å². The van der Waals surface area contributed by atoms with Gasteiger partial charge in [0, 0.05) is 29.4 Å². The monoisotopic (exact) mass is 294 g/mol. The van der Waals surface area contributed by atoms with E-state index in [0.717, 1.165) is 4.57 Å².